The normalized spacial score (nSPS) is 13.2. The number of aryl methyl sites for hydroxylation is 1. The molecular weight excluding hydrogens is 394 g/mol. The third-order valence-corrected chi connectivity index (χ3v) is 5.94. The van der Waals surface area contributed by atoms with Gasteiger partial charge in [0.2, 0.25) is 0 Å². The van der Waals surface area contributed by atoms with E-state index in [9.17, 15) is 9.59 Å². The summed E-state index contributed by atoms with van der Waals surface area (Å²) in [5.74, 6) is -0.203. The van der Waals surface area contributed by atoms with E-state index in [-0.39, 0.29) is 11.0 Å². The summed E-state index contributed by atoms with van der Waals surface area (Å²) in [7, 11) is 0. The molecular formula is C20H23N3O3S2. The van der Waals surface area contributed by atoms with E-state index in [4.69, 9.17) is 22.7 Å². The molecule has 4 N–H and O–H groups in total. The van der Waals surface area contributed by atoms with E-state index >= 15 is 0 Å². The first-order valence-electron chi connectivity index (χ1n) is 9.29. The van der Waals surface area contributed by atoms with Gasteiger partial charge in [0.05, 0.1) is 12.2 Å². The van der Waals surface area contributed by atoms with E-state index < -0.39 is 5.91 Å². The van der Waals surface area contributed by atoms with E-state index in [1.54, 1.807) is 24.3 Å². The Labute approximate surface area is 173 Å². The lowest BCUT2D eigenvalue weighted by atomic mass is 10.1. The Morgan fingerprint density at radius 2 is 2.04 bits per heavy atom. The monoisotopic (exact) mass is 417 g/mol. The minimum Gasteiger partial charge on any atom is -0.494 e. The maximum atomic E-state index is 12.5. The van der Waals surface area contributed by atoms with Crippen LogP contribution >= 0.6 is 23.6 Å². The average Bonchev–Trinajstić information content (AvgIpc) is 2.83. The van der Waals surface area contributed by atoms with E-state index in [0.29, 0.717) is 28.5 Å². The van der Waals surface area contributed by atoms with E-state index in [0.717, 1.165) is 37.7 Å². The molecule has 1 aromatic heterocycles. The second-order valence-corrected chi connectivity index (χ2v) is 8.02. The number of hydrogen-bond donors (Lipinski definition) is 3. The number of amides is 2. The van der Waals surface area contributed by atoms with Crippen LogP contribution in [0.4, 0.5) is 5.00 Å². The van der Waals surface area contributed by atoms with Crippen molar-refractivity contribution >= 4 is 45.5 Å². The van der Waals surface area contributed by atoms with Gasteiger partial charge in [0.15, 0.2) is 5.11 Å². The zero-order valence-corrected chi connectivity index (χ0v) is 17.3. The van der Waals surface area contributed by atoms with Crippen LogP contribution in [0.3, 0.4) is 0 Å². The van der Waals surface area contributed by atoms with Crippen molar-refractivity contribution in [2.75, 3.05) is 11.9 Å². The fourth-order valence-electron chi connectivity index (χ4n) is 3.29. The molecule has 1 aromatic carbocycles. The minimum absolute atomic E-state index is 0.130. The predicted molar refractivity (Wildman–Crippen MR) is 115 cm³/mol. The fourth-order valence-corrected chi connectivity index (χ4v) is 4.85. The van der Waals surface area contributed by atoms with Gasteiger partial charge in [0, 0.05) is 10.4 Å². The van der Waals surface area contributed by atoms with Crippen molar-refractivity contribution in [3.05, 3.63) is 45.8 Å². The molecule has 3 rings (SSSR count). The van der Waals surface area contributed by atoms with Crippen LogP contribution < -0.4 is 21.1 Å². The van der Waals surface area contributed by atoms with Gasteiger partial charge >= 0.3 is 0 Å². The lowest BCUT2D eigenvalue weighted by molar-refractivity contribution is 0.0975. The molecule has 2 amide bonds. The van der Waals surface area contributed by atoms with Gasteiger partial charge in [-0.05, 0) is 68.6 Å². The lowest BCUT2D eigenvalue weighted by Crippen LogP contribution is -2.34. The van der Waals surface area contributed by atoms with Crippen molar-refractivity contribution in [2.45, 2.75) is 39.0 Å². The van der Waals surface area contributed by atoms with Crippen molar-refractivity contribution in [2.24, 2.45) is 5.73 Å². The topological polar surface area (TPSA) is 93.4 Å². The molecule has 2 aromatic rings. The summed E-state index contributed by atoms with van der Waals surface area (Å²) in [5, 5.41) is 6.38. The van der Waals surface area contributed by atoms with Crippen LogP contribution in [0.25, 0.3) is 0 Å². The fraction of sp³-hybridized carbons (Fsp3) is 0.350. The van der Waals surface area contributed by atoms with Crippen LogP contribution in [0.2, 0.25) is 0 Å². The molecule has 0 saturated carbocycles. The zero-order valence-electron chi connectivity index (χ0n) is 15.7. The first-order chi connectivity index (χ1) is 13.5. The number of carbonyl (C=O) groups excluding carboxylic acids is 2. The Bertz CT molecular complexity index is 908. The summed E-state index contributed by atoms with van der Waals surface area (Å²) < 4.78 is 5.42. The molecule has 148 valence electrons. The molecule has 6 nitrogen and oxygen atoms in total. The first kappa shape index (κ1) is 20.3. The molecule has 0 bridgehead atoms. The third kappa shape index (κ3) is 4.69. The van der Waals surface area contributed by atoms with Crippen LogP contribution in [0.5, 0.6) is 5.75 Å². The van der Waals surface area contributed by atoms with Crippen molar-refractivity contribution in [3.63, 3.8) is 0 Å². The zero-order chi connectivity index (χ0) is 20.1. The molecule has 0 spiro atoms. The molecule has 0 saturated heterocycles. The van der Waals surface area contributed by atoms with E-state index in [1.807, 2.05) is 6.92 Å². The highest BCUT2D eigenvalue weighted by Crippen LogP contribution is 2.37. The van der Waals surface area contributed by atoms with Gasteiger partial charge in [-0.3, -0.25) is 14.9 Å². The molecule has 0 aliphatic heterocycles. The maximum Gasteiger partial charge on any atom is 0.257 e. The van der Waals surface area contributed by atoms with Crippen LogP contribution in [-0.2, 0) is 12.8 Å². The summed E-state index contributed by atoms with van der Waals surface area (Å²) >= 11 is 6.78. The van der Waals surface area contributed by atoms with Crippen LogP contribution in [0, 0.1) is 0 Å². The second-order valence-electron chi connectivity index (χ2n) is 6.50. The van der Waals surface area contributed by atoms with E-state index in [1.165, 1.54) is 16.2 Å². The molecule has 28 heavy (non-hydrogen) atoms. The number of anilines is 1. The summed E-state index contributed by atoms with van der Waals surface area (Å²) in [4.78, 5) is 25.7. The van der Waals surface area contributed by atoms with Crippen LogP contribution in [-0.4, -0.2) is 23.5 Å². The second kappa shape index (κ2) is 9.16. The number of fused-ring (bicyclic) bond motifs is 1. The number of benzene rings is 1. The summed E-state index contributed by atoms with van der Waals surface area (Å²) in [6.45, 7) is 2.40. The standard InChI is InChI=1S/C20H23N3O3S2/c1-2-26-13-8-6-7-12(11-13)18(25)22-20(27)23-19-16(17(21)24)14-9-4-3-5-10-15(14)28-19/h6-8,11H,2-5,9-10H2,1H3,(H2,21,24)(H2,22,23,25,27). The van der Waals surface area contributed by atoms with Gasteiger partial charge < -0.3 is 15.8 Å². The Morgan fingerprint density at radius 1 is 1.25 bits per heavy atom. The number of primary amides is 1. The van der Waals surface area contributed by atoms with Crippen LogP contribution in [0.1, 0.15) is 57.3 Å². The molecule has 1 aliphatic carbocycles. The smallest absolute Gasteiger partial charge is 0.257 e. The molecule has 8 heteroatoms. The molecule has 0 unspecified atom stereocenters. The Balaban J connectivity index is 1.73. The molecule has 1 aliphatic rings. The molecule has 0 radical (unpaired) electrons. The van der Waals surface area contributed by atoms with Gasteiger partial charge in [-0.2, -0.15) is 0 Å². The van der Waals surface area contributed by atoms with Crippen molar-refractivity contribution in [1.29, 1.82) is 0 Å². The van der Waals surface area contributed by atoms with Gasteiger partial charge in [-0.25, -0.2) is 0 Å². The quantitative estimate of drug-likeness (QED) is 0.510. The molecule has 1 heterocycles. The number of carbonyl (C=O) groups is 2. The van der Waals surface area contributed by atoms with Gasteiger partial charge in [-0.15, -0.1) is 11.3 Å². The minimum atomic E-state index is -0.472. The first-order valence-corrected chi connectivity index (χ1v) is 10.5. The average molecular weight is 418 g/mol. The SMILES string of the molecule is CCOc1cccc(C(=O)NC(=S)Nc2sc3c(c2C(N)=O)CCCCC3)c1. The number of ether oxygens (including phenoxy) is 1. The van der Waals surface area contributed by atoms with Gasteiger partial charge in [0.1, 0.15) is 10.8 Å². The number of nitrogens with two attached hydrogens (primary N) is 1. The van der Waals surface area contributed by atoms with Gasteiger partial charge in [-0.1, -0.05) is 12.5 Å². The number of thiophene rings is 1. The maximum absolute atomic E-state index is 12.5. The Kier molecular flexibility index (Phi) is 6.64. The van der Waals surface area contributed by atoms with Gasteiger partial charge in [0.25, 0.3) is 11.8 Å². The van der Waals surface area contributed by atoms with E-state index in [2.05, 4.69) is 10.6 Å². The highest BCUT2D eigenvalue weighted by molar-refractivity contribution is 7.80. The number of hydrogen-bond acceptors (Lipinski definition) is 5. The largest absolute Gasteiger partial charge is 0.494 e. The summed E-state index contributed by atoms with van der Waals surface area (Å²) in [6, 6.07) is 6.87. The number of thiocarbonyl (C=S) groups is 1. The summed E-state index contributed by atoms with van der Waals surface area (Å²) in [5.41, 5.74) is 7.59. The van der Waals surface area contributed by atoms with Crippen molar-refractivity contribution in [3.8, 4) is 5.75 Å². The number of nitrogens with one attached hydrogen (secondary N) is 2. The summed E-state index contributed by atoms with van der Waals surface area (Å²) in [6.07, 6.45) is 5.07. The lowest BCUT2D eigenvalue weighted by Gasteiger charge is -2.11. The highest BCUT2D eigenvalue weighted by atomic mass is 32.1. The number of rotatable bonds is 5. The van der Waals surface area contributed by atoms with Crippen molar-refractivity contribution in [1.82, 2.24) is 5.32 Å². The predicted octanol–water partition coefficient (Wildman–Crippen LogP) is 3.64. The van der Waals surface area contributed by atoms with Crippen LogP contribution in [0.15, 0.2) is 24.3 Å². The Morgan fingerprint density at radius 3 is 2.79 bits per heavy atom. The third-order valence-electron chi connectivity index (χ3n) is 4.53. The van der Waals surface area contributed by atoms with Crippen molar-refractivity contribution < 1.29 is 14.3 Å². The molecule has 0 fully saturated rings. The molecule has 0 atom stereocenters. The Hall–Kier alpha value is -2.45. The highest BCUT2D eigenvalue weighted by Gasteiger charge is 2.24.